The fourth-order valence-corrected chi connectivity index (χ4v) is 10.5. The first-order valence-electron chi connectivity index (χ1n) is 27.7. The third-order valence-corrected chi connectivity index (χ3v) is 16.4. The summed E-state index contributed by atoms with van der Waals surface area (Å²) < 4.78 is 45.1. The number of nitrogens with one attached hydrogen (secondary N) is 3. The summed E-state index contributed by atoms with van der Waals surface area (Å²) >= 11 is 7.67. The zero-order valence-corrected chi connectivity index (χ0v) is 51.1. The van der Waals surface area contributed by atoms with E-state index >= 15 is 0 Å². The number of esters is 1. The van der Waals surface area contributed by atoms with Gasteiger partial charge in [-0.05, 0) is 68.7 Å². The Labute approximate surface area is 503 Å². The quantitative estimate of drug-likeness (QED) is 0.0482. The highest BCUT2D eigenvalue weighted by atomic mass is 35.5. The van der Waals surface area contributed by atoms with Gasteiger partial charge in [0.2, 0.25) is 11.8 Å². The van der Waals surface area contributed by atoms with E-state index in [1.54, 1.807) is 75.4 Å². The first-order chi connectivity index (χ1) is 40.3. The van der Waals surface area contributed by atoms with Crippen molar-refractivity contribution >= 4 is 87.5 Å². The molecule has 1 unspecified atom stereocenters. The molecule has 0 aromatic heterocycles. The molecule has 2 saturated heterocycles. The molecule has 27 heteroatoms. The molecule has 466 valence electrons. The van der Waals surface area contributed by atoms with Crippen LogP contribution in [0.2, 0.25) is 5.02 Å². The van der Waals surface area contributed by atoms with Crippen molar-refractivity contribution < 1.29 is 86.5 Å². The van der Waals surface area contributed by atoms with Crippen LogP contribution >= 0.6 is 23.4 Å². The summed E-state index contributed by atoms with van der Waals surface area (Å²) in [6.07, 6.45) is 0.117. The van der Waals surface area contributed by atoms with E-state index < -0.39 is 96.3 Å². The molecule has 4 aliphatic heterocycles. The number of benzene rings is 2. The van der Waals surface area contributed by atoms with Crippen LogP contribution in [0.3, 0.4) is 0 Å². The van der Waals surface area contributed by atoms with Gasteiger partial charge in [0.25, 0.3) is 5.24 Å². The molecular weight excluding hydrogens is 1150 g/mol. The second-order valence-corrected chi connectivity index (χ2v) is 22.9. The number of hydrogen-bond acceptors (Lipinski definition) is 20. The van der Waals surface area contributed by atoms with Gasteiger partial charge in [-0.2, -0.15) is 0 Å². The maximum absolute atomic E-state index is 14.4. The fraction of sp³-hybridized carbons (Fsp3) is 0.552. The van der Waals surface area contributed by atoms with Gasteiger partial charge in [-0.25, -0.2) is 19.2 Å². The lowest BCUT2D eigenvalue weighted by Gasteiger charge is -2.41. The number of epoxide rings is 1. The van der Waals surface area contributed by atoms with Gasteiger partial charge in [-0.1, -0.05) is 73.2 Å². The molecule has 0 saturated carbocycles. The number of aliphatic hydroxyl groups excluding tert-OH is 1. The number of anilines is 3. The summed E-state index contributed by atoms with van der Waals surface area (Å²) in [6.45, 7) is 8.85. The largest absolute Gasteiger partial charge is 0.495 e. The Bertz CT molecular complexity index is 2880. The number of methoxy groups -OCH3 is 1. The number of rotatable bonds is 18. The number of ether oxygens (including phenoxy) is 8. The van der Waals surface area contributed by atoms with E-state index in [1.807, 2.05) is 6.92 Å². The Morgan fingerprint density at radius 3 is 2.49 bits per heavy atom. The fourth-order valence-electron chi connectivity index (χ4n) is 9.41. The van der Waals surface area contributed by atoms with E-state index in [0.717, 1.165) is 22.9 Å². The summed E-state index contributed by atoms with van der Waals surface area (Å²) in [5, 5.41) is 30.5. The van der Waals surface area contributed by atoms with Gasteiger partial charge >= 0.3 is 24.2 Å². The number of alkyl carbamates (subject to hydrolysis) is 1. The number of amides is 6. The van der Waals surface area contributed by atoms with Crippen molar-refractivity contribution in [2.45, 2.75) is 121 Å². The van der Waals surface area contributed by atoms with Crippen molar-refractivity contribution in [3.05, 3.63) is 82.4 Å². The predicted molar refractivity (Wildman–Crippen MR) is 314 cm³/mol. The van der Waals surface area contributed by atoms with Crippen LogP contribution in [0.15, 0.2) is 66.3 Å². The Balaban J connectivity index is 1.03. The average Bonchev–Trinajstić information content (AvgIpc) is 1.72. The Kier molecular flexibility index (Phi) is 24.0. The molecule has 25 nitrogen and oxygen atoms in total. The van der Waals surface area contributed by atoms with Gasteiger partial charge < -0.3 is 73.0 Å². The van der Waals surface area contributed by atoms with E-state index in [4.69, 9.17) is 49.5 Å². The average molecular weight is 1230 g/mol. The third kappa shape index (κ3) is 18.3. The first kappa shape index (κ1) is 67.2. The highest BCUT2D eigenvalue weighted by Crippen LogP contribution is 2.49. The predicted octanol–water partition coefficient (Wildman–Crippen LogP) is 6.17. The van der Waals surface area contributed by atoms with Crippen LogP contribution in [0, 0.1) is 5.92 Å². The molecule has 2 aromatic rings. The van der Waals surface area contributed by atoms with Gasteiger partial charge in [-0.3, -0.25) is 29.8 Å². The Morgan fingerprint density at radius 1 is 1.02 bits per heavy atom. The van der Waals surface area contributed by atoms with Crippen LogP contribution in [0.4, 0.5) is 36.2 Å². The zero-order valence-electron chi connectivity index (χ0n) is 49.5. The molecule has 4 bridgehead atoms. The minimum absolute atomic E-state index is 0.0186. The van der Waals surface area contributed by atoms with Crippen molar-refractivity contribution in [1.29, 1.82) is 0 Å². The molecular formula is C58H78ClN7O18S. The number of thioether (sulfide) groups is 1. The summed E-state index contributed by atoms with van der Waals surface area (Å²) in [7, 11) is 7.41. The molecule has 85 heavy (non-hydrogen) atoms. The lowest BCUT2D eigenvalue weighted by Crippen LogP contribution is -2.63. The smallest absolute Gasteiger partial charge is 0.412 e. The Morgan fingerprint density at radius 2 is 1.76 bits per heavy atom. The zero-order chi connectivity index (χ0) is 62.3. The second kappa shape index (κ2) is 30.4. The summed E-state index contributed by atoms with van der Waals surface area (Å²) in [5.74, 6) is -2.30. The van der Waals surface area contributed by atoms with Gasteiger partial charge in [0.15, 0.2) is 11.5 Å². The van der Waals surface area contributed by atoms with Crippen molar-refractivity contribution in [3.63, 3.8) is 0 Å². The summed E-state index contributed by atoms with van der Waals surface area (Å²) in [6, 6.07) is 7.12. The number of nitrogens with zero attached hydrogens (tertiary/aromatic N) is 4. The van der Waals surface area contributed by atoms with Crippen LogP contribution in [-0.2, 0) is 65.4 Å². The normalized spacial score (nSPS) is 25.9. The summed E-state index contributed by atoms with van der Waals surface area (Å²) in [4.78, 5) is 111. The molecule has 0 aliphatic carbocycles. The van der Waals surface area contributed by atoms with Gasteiger partial charge in [-0.15, -0.1) is 0 Å². The van der Waals surface area contributed by atoms with Crippen LogP contribution in [0.1, 0.15) is 71.4 Å². The molecule has 6 amide bonds. The maximum atomic E-state index is 14.4. The minimum atomic E-state index is -2.13. The molecule has 2 aromatic carbocycles. The highest BCUT2D eigenvalue weighted by molar-refractivity contribution is 8.13. The SMILES string of the molecule is CCC(=O)CNc1cc(COC(=O)N(C)CCN(C)C(=O)SCCC(=O)N(C)[C@@H](C)C(=O)O[C@H]2CC(=O)N(C)c3cc(cc(OC)c3Cl)C/C(C)=C/C=C/[C@@H](O)[C@@]3(O)C[C@H](OC(=O)N3)[C@@H](C)[C@@H]3O[C@@]23C)ccc1NC(=O)OC1/C=C/COCOC1. The summed E-state index contributed by atoms with van der Waals surface area (Å²) in [5.41, 5.74) is -0.385. The van der Waals surface area contributed by atoms with Crippen LogP contribution in [0.25, 0.3) is 0 Å². The molecule has 4 heterocycles. The van der Waals surface area contributed by atoms with E-state index in [2.05, 4.69) is 16.0 Å². The number of Topliss-reactive ketones (excluding diaryl/α,β-unsaturated/α-hetero) is 1. The van der Waals surface area contributed by atoms with E-state index in [9.17, 15) is 48.6 Å². The van der Waals surface area contributed by atoms with E-state index in [-0.39, 0.29) is 80.7 Å². The monoisotopic (exact) mass is 1230 g/mol. The van der Waals surface area contributed by atoms with Crippen molar-refractivity contribution in [2.75, 3.05) is 96.2 Å². The number of allylic oxidation sites excluding steroid dienone is 3. The first-order valence-corrected chi connectivity index (χ1v) is 29.1. The third-order valence-electron chi connectivity index (χ3n) is 15.1. The topological polar surface area (TPSA) is 303 Å². The standard InChI is InChI=1S/C58H78ClN7O18S/c1-11-39(67)30-60-42-25-37(17-18-41(42)61-53(72)81-40-15-13-22-78-33-79-32-40)31-80-55(74)63(6)20-21-64(7)56(75)85-23-19-48(69)65(8)36(4)52(71)83-47-28-49(70)66(9)43-26-38(27-44(77-10)50(43)59)24-34(2)14-12-16-46(68)58(76)29-45(82-54(73)62-58)35(3)51-57(47,5)84-51/h12-18,25-27,35-36,40,45-47,51,60,68,76H,11,19-24,28-33H2,1-10H3,(H,61,72)(H,62,73)/b15-13+,16-12+,34-14+/t35-,36+,40?,45+,46-,47+,51+,57+,58+/m1/s1. The molecule has 0 spiro atoms. The number of likely N-dealkylation sites (N-methyl/N-ethyl adjacent to an activating group) is 3. The van der Waals surface area contributed by atoms with Crippen molar-refractivity contribution in [1.82, 2.24) is 20.0 Å². The number of ketones is 1. The number of halogens is 1. The van der Waals surface area contributed by atoms with Crippen LogP contribution < -0.4 is 25.6 Å². The molecule has 4 aliphatic rings. The van der Waals surface area contributed by atoms with Gasteiger partial charge in [0.05, 0.1) is 56.5 Å². The Hall–Kier alpha value is -6.94. The van der Waals surface area contributed by atoms with Crippen molar-refractivity contribution in [3.8, 4) is 5.75 Å². The molecule has 2 fully saturated rings. The van der Waals surface area contributed by atoms with Crippen LogP contribution in [0.5, 0.6) is 5.75 Å². The van der Waals surface area contributed by atoms with E-state index in [0.29, 0.717) is 41.4 Å². The number of fused-ring (bicyclic) bond motifs is 5. The van der Waals surface area contributed by atoms with E-state index in [1.165, 1.54) is 67.9 Å². The lowest BCUT2D eigenvalue weighted by molar-refractivity contribution is -0.162. The highest BCUT2D eigenvalue weighted by Gasteiger charge is 2.64. The maximum Gasteiger partial charge on any atom is 0.412 e. The number of hydrogen-bond donors (Lipinski definition) is 5. The molecule has 6 rings (SSSR count). The van der Waals surface area contributed by atoms with Gasteiger partial charge in [0, 0.05) is 72.2 Å². The number of carbonyl (C=O) groups is 8. The second-order valence-electron chi connectivity index (χ2n) is 21.4. The molecule has 0 radical (unpaired) electrons. The van der Waals surface area contributed by atoms with Crippen LogP contribution in [-0.4, -0.2) is 201 Å². The number of aliphatic hydroxyl groups is 2. The van der Waals surface area contributed by atoms with Crippen molar-refractivity contribution in [2.24, 2.45) is 5.92 Å². The minimum Gasteiger partial charge on any atom is -0.495 e. The number of carbonyl (C=O) groups excluding carboxylic acids is 8. The lowest BCUT2D eigenvalue weighted by atomic mass is 9.83. The molecule has 9 atom stereocenters. The molecule has 5 N–H and O–H groups in total. The van der Waals surface area contributed by atoms with Gasteiger partial charge in [0.1, 0.15) is 60.2 Å².